The molecule has 0 unspecified atom stereocenters. The summed E-state index contributed by atoms with van der Waals surface area (Å²) in [7, 11) is 0. The van der Waals surface area contributed by atoms with Gasteiger partial charge in [0.25, 0.3) is 0 Å². The second-order valence-electron chi connectivity index (χ2n) is 1.48. The molecule has 1 heterocycles. The van der Waals surface area contributed by atoms with Crippen LogP contribution in [-0.2, 0) is 0 Å². The molecule has 0 aliphatic heterocycles. The fourth-order valence-electron chi connectivity index (χ4n) is 0.374. The highest BCUT2D eigenvalue weighted by molar-refractivity contribution is 7.08. The molecular formula is C7H10F2S. The molecule has 0 aliphatic rings. The van der Waals surface area contributed by atoms with Gasteiger partial charge in [-0.3, -0.25) is 0 Å². The minimum absolute atomic E-state index is 0.120. The van der Waals surface area contributed by atoms with Crippen LogP contribution in [0, 0.1) is 17.9 Å². The normalized spacial score (nSPS) is 8.50. The van der Waals surface area contributed by atoms with E-state index in [0.717, 1.165) is 16.7 Å². The van der Waals surface area contributed by atoms with E-state index in [2.05, 4.69) is 0 Å². The van der Waals surface area contributed by atoms with Crippen LogP contribution in [-0.4, -0.2) is 0 Å². The summed E-state index contributed by atoms with van der Waals surface area (Å²) < 4.78 is 24.2. The first kappa shape index (κ1) is 9.56. The third-order valence-corrected chi connectivity index (χ3v) is 1.76. The Hall–Kier alpha value is -0.440. The van der Waals surface area contributed by atoms with Crippen molar-refractivity contribution in [1.29, 1.82) is 0 Å². The lowest BCUT2D eigenvalue weighted by molar-refractivity contribution is 0.595. The molecule has 1 rings (SSSR count). The summed E-state index contributed by atoms with van der Waals surface area (Å²) in [5.74, 6) is -0.451. The first-order chi connectivity index (χ1) is 4.72. The van der Waals surface area contributed by atoms with Gasteiger partial charge in [0.2, 0.25) is 0 Å². The average Bonchev–Trinajstić information content (AvgIpc) is 2.25. The number of hydrogen-bond acceptors (Lipinski definition) is 1. The molecule has 1 aromatic rings. The third kappa shape index (κ3) is 2.06. The molecule has 1 aromatic heterocycles. The van der Waals surface area contributed by atoms with Gasteiger partial charge in [-0.15, -0.1) is 11.3 Å². The van der Waals surface area contributed by atoms with Gasteiger partial charge in [0, 0.05) is 10.9 Å². The summed E-state index contributed by atoms with van der Waals surface area (Å²) in [4.78, 5) is 0. The third-order valence-electron chi connectivity index (χ3n) is 0.919. The fourth-order valence-corrected chi connectivity index (χ4v) is 1.03. The molecule has 0 nitrogen and oxygen atoms in total. The van der Waals surface area contributed by atoms with Gasteiger partial charge in [-0.1, -0.05) is 13.8 Å². The van der Waals surface area contributed by atoms with Crippen molar-refractivity contribution in [2.75, 3.05) is 0 Å². The van der Waals surface area contributed by atoms with Gasteiger partial charge < -0.3 is 0 Å². The van der Waals surface area contributed by atoms with Crippen LogP contribution in [0.4, 0.5) is 8.78 Å². The van der Waals surface area contributed by atoms with Crippen LogP contribution in [0.1, 0.15) is 19.4 Å². The van der Waals surface area contributed by atoms with E-state index in [9.17, 15) is 8.78 Å². The highest BCUT2D eigenvalue weighted by atomic mass is 32.1. The van der Waals surface area contributed by atoms with E-state index in [-0.39, 0.29) is 5.56 Å². The zero-order chi connectivity index (χ0) is 8.15. The van der Waals surface area contributed by atoms with Crippen LogP contribution >= 0.6 is 11.3 Å². The lowest BCUT2D eigenvalue weighted by Crippen LogP contribution is -1.72. The molecule has 0 spiro atoms. The molecule has 0 saturated carbocycles. The van der Waals surface area contributed by atoms with Crippen molar-refractivity contribution in [3.8, 4) is 0 Å². The van der Waals surface area contributed by atoms with Crippen molar-refractivity contribution in [2.45, 2.75) is 20.8 Å². The van der Waals surface area contributed by atoms with Gasteiger partial charge in [-0.2, -0.15) is 4.39 Å². The van der Waals surface area contributed by atoms with Crippen molar-refractivity contribution in [3.05, 3.63) is 21.9 Å². The second kappa shape index (κ2) is 4.39. The Morgan fingerprint density at radius 3 is 1.90 bits per heavy atom. The summed E-state index contributed by atoms with van der Waals surface area (Å²) in [6.45, 7) is 5.42. The van der Waals surface area contributed by atoms with Crippen LogP contribution in [0.5, 0.6) is 0 Å². The van der Waals surface area contributed by atoms with E-state index in [0.29, 0.717) is 0 Å². The van der Waals surface area contributed by atoms with Crippen LogP contribution < -0.4 is 0 Å². The minimum atomic E-state index is -0.451. The molecule has 0 radical (unpaired) electrons. The molecule has 0 saturated heterocycles. The number of hydrogen-bond donors (Lipinski definition) is 0. The van der Waals surface area contributed by atoms with Crippen LogP contribution in [0.15, 0.2) is 5.38 Å². The first-order valence-corrected chi connectivity index (χ1v) is 3.99. The quantitative estimate of drug-likeness (QED) is 0.551. The number of thiophene rings is 1. The summed E-state index contributed by atoms with van der Waals surface area (Å²) >= 11 is 0.789. The number of halogens is 2. The zero-order valence-electron chi connectivity index (χ0n) is 6.24. The molecule has 58 valence electrons. The fraction of sp³-hybridized carbons (Fsp3) is 0.429. The standard InChI is InChI=1S/C5H4F2S.C2H6/c1-3-4(6)2-8-5(3)7;1-2/h2H,1H3;1-2H3. The van der Waals surface area contributed by atoms with Crippen LogP contribution in [0.3, 0.4) is 0 Å². The molecule has 0 aromatic carbocycles. The Bertz CT molecular complexity index is 174. The smallest absolute Gasteiger partial charge is 0.182 e. The monoisotopic (exact) mass is 164 g/mol. The molecule has 0 aliphatic carbocycles. The van der Waals surface area contributed by atoms with Gasteiger partial charge in [0.05, 0.1) is 0 Å². The van der Waals surface area contributed by atoms with Gasteiger partial charge in [-0.05, 0) is 6.92 Å². The predicted octanol–water partition coefficient (Wildman–Crippen LogP) is 3.36. The topological polar surface area (TPSA) is 0 Å². The first-order valence-electron chi connectivity index (χ1n) is 3.11. The molecule has 0 fully saturated rings. The Morgan fingerprint density at radius 1 is 1.30 bits per heavy atom. The zero-order valence-corrected chi connectivity index (χ0v) is 7.06. The van der Waals surface area contributed by atoms with Gasteiger partial charge >= 0.3 is 0 Å². The predicted molar refractivity (Wildman–Crippen MR) is 40.3 cm³/mol. The second-order valence-corrected chi connectivity index (χ2v) is 2.31. The van der Waals surface area contributed by atoms with E-state index in [1.54, 1.807) is 0 Å². The van der Waals surface area contributed by atoms with E-state index >= 15 is 0 Å². The van der Waals surface area contributed by atoms with Gasteiger partial charge in [-0.25, -0.2) is 4.39 Å². The SMILES string of the molecule is CC.Cc1c(F)csc1F. The largest absolute Gasteiger partial charge is 0.206 e. The highest BCUT2D eigenvalue weighted by Gasteiger charge is 2.03. The molecular weight excluding hydrogens is 154 g/mol. The lowest BCUT2D eigenvalue weighted by atomic mass is 10.4. The molecule has 10 heavy (non-hydrogen) atoms. The van der Waals surface area contributed by atoms with Gasteiger partial charge in [0.15, 0.2) is 5.13 Å². The Morgan fingerprint density at radius 2 is 1.80 bits per heavy atom. The van der Waals surface area contributed by atoms with Crippen molar-refractivity contribution in [3.63, 3.8) is 0 Å². The Labute approximate surface area is 63.5 Å². The van der Waals surface area contributed by atoms with Crippen LogP contribution in [0.25, 0.3) is 0 Å². The molecule has 0 amide bonds. The Balaban J connectivity index is 0.000000371. The van der Waals surface area contributed by atoms with E-state index in [4.69, 9.17) is 0 Å². The maximum atomic E-state index is 12.1. The van der Waals surface area contributed by atoms with Crippen molar-refractivity contribution in [1.82, 2.24) is 0 Å². The van der Waals surface area contributed by atoms with E-state index in [1.165, 1.54) is 6.92 Å². The maximum Gasteiger partial charge on any atom is 0.182 e. The summed E-state index contributed by atoms with van der Waals surface area (Å²) in [5, 5.41) is 0.729. The highest BCUT2D eigenvalue weighted by Crippen LogP contribution is 2.16. The summed E-state index contributed by atoms with van der Waals surface area (Å²) in [6, 6.07) is 0. The Kier molecular flexibility index (Phi) is 4.19. The number of rotatable bonds is 0. The van der Waals surface area contributed by atoms with E-state index in [1.807, 2.05) is 13.8 Å². The maximum absolute atomic E-state index is 12.1. The van der Waals surface area contributed by atoms with Crippen LogP contribution in [0.2, 0.25) is 0 Å². The summed E-state index contributed by atoms with van der Waals surface area (Å²) in [6.07, 6.45) is 0. The molecule has 3 heteroatoms. The molecule has 0 bridgehead atoms. The molecule has 0 atom stereocenters. The van der Waals surface area contributed by atoms with Crippen molar-refractivity contribution >= 4 is 11.3 Å². The average molecular weight is 164 g/mol. The van der Waals surface area contributed by atoms with E-state index < -0.39 is 10.9 Å². The minimum Gasteiger partial charge on any atom is -0.206 e. The summed E-state index contributed by atoms with van der Waals surface area (Å²) in [5.41, 5.74) is 0.120. The molecule has 0 N–H and O–H groups in total. The van der Waals surface area contributed by atoms with Crippen molar-refractivity contribution < 1.29 is 8.78 Å². The van der Waals surface area contributed by atoms with Gasteiger partial charge in [0.1, 0.15) is 5.82 Å². The van der Waals surface area contributed by atoms with Crippen molar-refractivity contribution in [2.24, 2.45) is 0 Å². The lowest BCUT2D eigenvalue weighted by Gasteiger charge is -1.79.